The quantitative estimate of drug-likeness (QED) is 0.714. The molecule has 6 heteroatoms. The van der Waals surface area contributed by atoms with E-state index in [0.29, 0.717) is 13.0 Å². The van der Waals surface area contributed by atoms with Gasteiger partial charge < -0.3 is 20.2 Å². The molecule has 1 aliphatic heterocycles. The van der Waals surface area contributed by atoms with Gasteiger partial charge in [0.05, 0.1) is 5.56 Å². The van der Waals surface area contributed by atoms with Crippen molar-refractivity contribution < 1.29 is 24.9 Å². The lowest BCUT2D eigenvalue weighted by Gasteiger charge is -2.27. The summed E-state index contributed by atoms with van der Waals surface area (Å²) < 4.78 is 0. The number of hydrogen-bond acceptors (Lipinski definition) is 4. The first kappa shape index (κ1) is 14.2. The Kier molecular flexibility index (Phi) is 4.12. The Morgan fingerprint density at radius 1 is 1.15 bits per heavy atom. The predicted molar refractivity (Wildman–Crippen MR) is 70.7 cm³/mol. The van der Waals surface area contributed by atoms with Crippen molar-refractivity contribution in [3.05, 3.63) is 23.8 Å². The Hall–Kier alpha value is -2.24. The van der Waals surface area contributed by atoms with Crippen LogP contribution < -0.4 is 0 Å². The Morgan fingerprint density at radius 3 is 2.60 bits per heavy atom. The molecular formula is C14H17NO5. The smallest absolute Gasteiger partial charge is 0.326 e. The highest BCUT2D eigenvalue weighted by Gasteiger charge is 2.32. The van der Waals surface area contributed by atoms with Gasteiger partial charge in [0.2, 0.25) is 0 Å². The first-order valence-electron chi connectivity index (χ1n) is 6.56. The van der Waals surface area contributed by atoms with Crippen LogP contribution in [-0.2, 0) is 4.79 Å². The van der Waals surface area contributed by atoms with Crippen LogP contribution in [0.15, 0.2) is 18.2 Å². The zero-order valence-electron chi connectivity index (χ0n) is 11.0. The summed E-state index contributed by atoms with van der Waals surface area (Å²) in [6.07, 6.45) is 2.77. The molecule has 1 amide bonds. The van der Waals surface area contributed by atoms with Crippen molar-refractivity contribution in [3.8, 4) is 11.5 Å². The molecule has 1 aliphatic rings. The van der Waals surface area contributed by atoms with Gasteiger partial charge in [0.15, 0.2) is 0 Å². The maximum absolute atomic E-state index is 12.4. The number of carbonyl (C=O) groups excluding carboxylic acids is 1. The summed E-state index contributed by atoms with van der Waals surface area (Å²) in [5, 5.41) is 28.4. The highest BCUT2D eigenvalue weighted by atomic mass is 16.4. The topological polar surface area (TPSA) is 98.1 Å². The van der Waals surface area contributed by atoms with Gasteiger partial charge in [0.25, 0.3) is 5.91 Å². The van der Waals surface area contributed by atoms with Gasteiger partial charge in [0, 0.05) is 6.54 Å². The first-order chi connectivity index (χ1) is 9.50. The second-order valence-electron chi connectivity index (χ2n) is 4.90. The van der Waals surface area contributed by atoms with Crippen LogP contribution in [0.25, 0.3) is 0 Å². The monoisotopic (exact) mass is 279 g/mol. The molecule has 0 saturated carbocycles. The number of amides is 1. The molecule has 3 N–H and O–H groups in total. The van der Waals surface area contributed by atoms with Gasteiger partial charge in [-0.2, -0.15) is 0 Å². The number of carboxylic acids is 1. The molecule has 6 nitrogen and oxygen atoms in total. The van der Waals surface area contributed by atoms with Gasteiger partial charge in [-0.25, -0.2) is 4.79 Å². The zero-order chi connectivity index (χ0) is 14.7. The molecule has 1 fully saturated rings. The SMILES string of the molecule is O=C(O)C1CCCCCN1C(=O)c1cc(O)ccc1O. The van der Waals surface area contributed by atoms with E-state index in [2.05, 4.69) is 0 Å². The van der Waals surface area contributed by atoms with Gasteiger partial charge in [-0.3, -0.25) is 4.79 Å². The summed E-state index contributed by atoms with van der Waals surface area (Å²) in [6, 6.07) is 2.76. The highest BCUT2D eigenvalue weighted by molar-refractivity contribution is 5.99. The number of carbonyl (C=O) groups is 2. The third-order valence-corrected chi connectivity index (χ3v) is 3.51. The predicted octanol–water partition coefficient (Wildman–Crippen LogP) is 1.57. The van der Waals surface area contributed by atoms with Crippen molar-refractivity contribution in [1.82, 2.24) is 4.90 Å². The Balaban J connectivity index is 2.33. The lowest BCUT2D eigenvalue weighted by Crippen LogP contribution is -2.44. The molecule has 0 bridgehead atoms. The molecule has 1 saturated heterocycles. The minimum absolute atomic E-state index is 0.0712. The van der Waals surface area contributed by atoms with Gasteiger partial charge in [-0.05, 0) is 31.0 Å². The third kappa shape index (κ3) is 2.84. The number of phenols is 2. The number of likely N-dealkylation sites (tertiary alicyclic amines) is 1. The van der Waals surface area contributed by atoms with Crippen LogP contribution in [0.2, 0.25) is 0 Å². The second-order valence-corrected chi connectivity index (χ2v) is 4.90. The van der Waals surface area contributed by atoms with E-state index in [-0.39, 0.29) is 17.1 Å². The average molecular weight is 279 g/mol. The molecule has 0 spiro atoms. The Labute approximate surface area is 116 Å². The minimum Gasteiger partial charge on any atom is -0.508 e. The van der Waals surface area contributed by atoms with Crippen LogP contribution in [0.1, 0.15) is 36.0 Å². The molecule has 108 valence electrons. The maximum Gasteiger partial charge on any atom is 0.326 e. The number of aliphatic carboxylic acids is 1. The van der Waals surface area contributed by atoms with Crippen molar-refractivity contribution in [2.45, 2.75) is 31.7 Å². The van der Waals surface area contributed by atoms with E-state index in [0.717, 1.165) is 25.3 Å². The molecule has 1 heterocycles. The molecule has 0 aromatic heterocycles. The number of nitrogens with zero attached hydrogens (tertiary/aromatic N) is 1. The van der Waals surface area contributed by atoms with E-state index in [9.17, 15) is 24.9 Å². The second kappa shape index (κ2) is 5.81. The summed E-state index contributed by atoms with van der Waals surface area (Å²) in [6.45, 7) is 0.338. The largest absolute Gasteiger partial charge is 0.508 e. The van der Waals surface area contributed by atoms with Crippen LogP contribution in [0.3, 0.4) is 0 Å². The average Bonchev–Trinajstić information content (AvgIpc) is 2.66. The Morgan fingerprint density at radius 2 is 1.90 bits per heavy atom. The molecule has 0 aliphatic carbocycles. The standard InChI is InChI=1S/C14H17NO5/c16-9-5-6-12(17)10(8-9)13(18)15-7-3-1-2-4-11(15)14(19)20/h5-6,8,11,16-17H,1-4,7H2,(H,19,20). The van der Waals surface area contributed by atoms with Gasteiger partial charge >= 0.3 is 5.97 Å². The van der Waals surface area contributed by atoms with Crippen molar-refractivity contribution >= 4 is 11.9 Å². The van der Waals surface area contributed by atoms with Crippen molar-refractivity contribution in [1.29, 1.82) is 0 Å². The summed E-state index contributed by atoms with van der Waals surface area (Å²) in [4.78, 5) is 25.0. The molecular weight excluding hydrogens is 262 g/mol. The number of aromatic hydroxyl groups is 2. The van der Waals surface area contributed by atoms with E-state index in [1.54, 1.807) is 0 Å². The van der Waals surface area contributed by atoms with E-state index >= 15 is 0 Å². The van der Waals surface area contributed by atoms with Crippen LogP contribution in [0, 0.1) is 0 Å². The first-order valence-corrected chi connectivity index (χ1v) is 6.56. The Bertz CT molecular complexity index is 528. The lowest BCUT2D eigenvalue weighted by molar-refractivity contribution is -0.142. The molecule has 1 aromatic rings. The number of phenolic OH excluding ortho intramolecular Hbond substituents is 2. The van der Waals surface area contributed by atoms with Crippen molar-refractivity contribution in [3.63, 3.8) is 0 Å². The molecule has 1 aromatic carbocycles. The number of hydrogen-bond donors (Lipinski definition) is 3. The summed E-state index contributed by atoms with van der Waals surface area (Å²) in [7, 11) is 0. The summed E-state index contributed by atoms with van der Waals surface area (Å²) in [5.41, 5.74) is -0.0712. The van der Waals surface area contributed by atoms with Gasteiger partial charge in [0.1, 0.15) is 17.5 Å². The van der Waals surface area contributed by atoms with Gasteiger partial charge in [-0.15, -0.1) is 0 Å². The normalized spacial score (nSPS) is 19.4. The van der Waals surface area contributed by atoms with Crippen LogP contribution in [0.5, 0.6) is 11.5 Å². The van der Waals surface area contributed by atoms with Crippen molar-refractivity contribution in [2.24, 2.45) is 0 Å². The minimum atomic E-state index is -1.04. The fourth-order valence-corrected chi connectivity index (χ4v) is 2.46. The van der Waals surface area contributed by atoms with E-state index < -0.39 is 17.9 Å². The van der Waals surface area contributed by atoms with Crippen LogP contribution in [0.4, 0.5) is 0 Å². The number of benzene rings is 1. The van der Waals surface area contributed by atoms with E-state index in [1.807, 2.05) is 0 Å². The molecule has 20 heavy (non-hydrogen) atoms. The van der Waals surface area contributed by atoms with E-state index in [4.69, 9.17) is 0 Å². The third-order valence-electron chi connectivity index (χ3n) is 3.51. The maximum atomic E-state index is 12.4. The number of carboxylic acid groups (broad SMARTS) is 1. The fraction of sp³-hybridized carbons (Fsp3) is 0.429. The number of rotatable bonds is 2. The molecule has 0 radical (unpaired) electrons. The molecule has 2 rings (SSSR count). The highest BCUT2D eigenvalue weighted by Crippen LogP contribution is 2.26. The fourth-order valence-electron chi connectivity index (χ4n) is 2.46. The lowest BCUT2D eigenvalue weighted by atomic mass is 10.1. The van der Waals surface area contributed by atoms with Crippen molar-refractivity contribution in [2.75, 3.05) is 6.54 Å². The van der Waals surface area contributed by atoms with Gasteiger partial charge in [-0.1, -0.05) is 12.8 Å². The molecule has 1 unspecified atom stereocenters. The summed E-state index contributed by atoms with van der Waals surface area (Å²) >= 11 is 0. The van der Waals surface area contributed by atoms with Crippen LogP contribution in [-0.4, -0.2) is 44.7 Å². The molecule has 1 atom stereocenters. The van der Waals surface area contributed by atoms with Crippen LogP contribution >= 0.6 is 0 Å². The van der Waals surface area contributed by atoms with E-state index in [1.165, 1.54) is 17.0 Å². The summed E-state index contributed by atoms with van der Waals surface area (Å²) in [5.74, 6) is -2.01. The zero-order valence-corrected chi connectivity index (χ0v) is 11.0.